The second kappa shape index (κ2) is 4.44. The van der Waals surface area contributed by atoms with E-state index in [2.05, 4.69) is 0 Å². The molecule has 2 unspecified atom stereocenters. The van der Waals surface area contributed by atoms with Gasteiger partial charge < -0.3 is 10.6 Å². The van der Waals surface area contributed by atoms with Crippen molar-refractivity contribution in [3.63, 3.8) is 0 Å². The van der Waals surface area contributed by atoms with Crippen LogP contribution in [-0.4, -0.2) is 29.3 Å². The highest BCUT2D eigenvalue weighted by Crippen LogP contribution is 2.29. The molecule has 2 atom stereocenters. The monoisotopic (exact) mass is 226 g/mol. The zero-order chi connectivity index (χ0) is 12.5. The van der Waals surface area contributed by atoms with Crippen LogP contribution >= 0.6 is 0 Å². The number of hydrogen-bond donors (Lipinski definition) is 1. The summed E-state index contributed by atoms with van der Waals surface area (Å²) in [7, 11) is 0. The van der Waals surface area contributed by atoms with Crippen LogP contribution in [0.25, 0.3) is 0 Å². The molecule has 0 aromatic carbocycles. The van der Waals surface area contributed by atoms with E-state index in [0.717, 1.165) is 6.42 Å². The fourth-order valence-corrected chi connectivity index (χ4v) is 1.95. The molecule has 0 aliphatic carbocycles. The van der Waals surface area contributed by atoms with Crippen LogP contribution < -0.4 is 5.73 Å². The molecule has 0 saturated carbocycles. The highest BCUT2D eigenvalue weighted by atomic mass is 16.2. The van der Waals surface area contributed by atoms with Crippen molar-refractivity contribution < 1.29 is 9.59 Å². The van der Waals surface area contributed by atoms with Gasteiger partial charge in [-0.2, -0.15) is 0 Å². The quantitative estimate of drug-likeness (QED) is 0.767. The third-order valence-electron chi connectivity index (χ3n) is 3.53. The summed E-state index contributed by atoms with van der Waals surface area (Å²) >= 11 is 0. The first-order valence-electron chi connectivity index (χ1n) is 5.85. The van der Waals surface area contributed by atoms with Crippen molar-refractivity contribution in [2.75, 3.05) is 6.54 Å². The van der Waals surface area contributed by atoms with E-state index in [9.17, 15) is 9.59 Å². The van der Waals surface area contributed by atoms with Gasteiger partial charge in [0.2, 0.25) is 11.8 Å². The number of rotatable bonds is 2. The molecule has 0 aromatic rings. The van der Waals surface area contributed by atoms with Crippen molar-refractivity contribution in [3.8, 4) is 0 Å². The second-order valence-electron chi connectivity index (χ2n) is 5.68. The summed E-state index contributed by atoms with van der Waals surface area (Å²) in [5.74, 6) is -0.423. The maximum Gasteiger partial charge on any atom is 0.240 e. The zero-order valence-electron chi connectivity index (χ0n) is 10.6. The van der Waals surface area contributed by atoms with Crippen molar-refractivity contribution in [2.45, 2.75) is 46.6 Å². The van der Waals surface area contributed by atoms with Crippen LogP contribution in [0, 0.1) is 11.3 Å². The predicted molar refractivity (Wildman–Crippen MR) is 62.5 cm³/mol. The Morgan fingerprint density at radius 2 is 1.94 bits per heavy atom. The van der Waals surface area contributed by atoms with Crippen LogP contribution in [-0.2, 0) is 9.59 Å². The van der Waals surface area contributed by atoms with Gasteiger partial charge in [-0.1, -0.05) is 27.7 Å². The van der Waals surface area contributed by atoms with Gasteiger partial charge in [0, 0.05) is 12.5 Å². The molecule has 4 nitrogen and oxygen atoms in total. The minimum atomic E-state index is -0.391. The molecule has 16 heavy (non-hydrogen) atoms. The van der Waals surface area contributed by atoms with E-state index < -0.39 is 6.04 Å². The standard InChI is InChI=1S/C12H22N2O2/c1-8(12(2,3)4)11(16)14-7-5-6-9(14)10(13)15/h8-9H,5-7H2,1-4H3,(H2,13,15). The minimum absolute atomic E-state index is 0.0498. The van der Waals surface area contributed by atoms with E-state index in [1.54, 1.807) is 4.90 Å². The summed E-state index contributed by atoms with van der Waals surface area (Å²) in [4.78, 5) is 25.1. The summed E-state index contributed by atoms with van der Waals surface area (Å²) in [6.07, 6.45) is 1.58. The van der Waals surface area contributed by atoms with E-state index in [1.165, 1.54) is 0 Å². The summed E-state index contributed by atoms with van der Waals surface area (Å²) in [6.45, 7) is 8.67. The van der Waals surface area contributed by atoms with Crippen LogP contribution in [0.1, 0.15) is 40.5 Å². The molecule has 92 valence electrons. The SMILES string of the molecule is CC(C(=O)N1CCCC1C(N)=O)C(C)(C)C. The first-order valence-corrected chi connectivity index (χ1v) is 5.85. The zero-order valence-corrected chi connectivity index (χ0v) is 10.6. The lowest BCUT2D eigenvalue weighted by atomic mass is 9.81. The van der Waals surface area contributed by atoms with E-state index in [0.29, 0.717) is 13.0 Å². The van der Waals surface area contributed by atoms with E-state index in [1.807, 2.05) is 27.7 Å². The maximum atomic E-state index is 12.2. The lowest BCUT2D eigenvalue weighted by molar-refractivity contribution is -0.142. The molecule has 1 aliphatic heterocycles. The number of likely N-dealkylation sites (tertiary alicyclic amines) is 1. The summed E-state index contributed by atoms with van der Waals surface area (Å²) < 4.78 is 0. The summed E-state index contributed by atoms with van der Waals surface area (Å²) in [5.41, 5.74) is 5.22. The topological polar surface area (TPSA) is 63.4 Å². The molecule has 1 saturated heterocycles. The van der Waals surface area contributed by atoms with Crippen LogP contribution in [0.5, 0.6) is 0 Å². The van der Waals surface area contributed by atoms with Gasteiger partial charge in [-0.15, -0.1) is 0 Å². The third-order valence-corrected chi connectivity index (χ3v) is 3.53. The fraction of sp³-hybridized carbons (Fsp3) is 0.833. The number of carbonyl (C=O) groups excluding carboxylic acids is 2. The third kappa shape index (κ3) is 2.54. The van der Waals surface area contributed by atoms with Crippen molar-refractivity contribution in [2.24, 2.45) is 17.1 Å². The number of hydrogen-bond acceptors (Lipinski definition) is 2. The van der Waals surface area contributed by atoms with Crippen LogP contribution in [0.2, 0.25) is 0 Å². The van der Waals surface area contributed by atoms with Crippen LogP contribution in [0.4, 0.5) is 0 Å². The van der Waals surface area contributed by atoms with Crippen LogP contribution in [0.15, 0.2) is 0 Å². The number of amides is 2. The number of primary amides is 1. The average molecular weight is 226 g/mol. The lowest BCUT2D eigenvalue weighted by Crippen LogP contribution is -2.47. The first kappa shape index (κ1) is 13.0. The van der Waals surface area contributed by atoms with Crippen molar-refractivity contribution in [1.29, 1.82) is 0 Å². The molecule has 0 bridgehead atoms. The fourth-order valence-electron chi connectivity index (χ4n) is 1.95. The van der Waals surface area contributed by atoms with Gasteiger partial charge in [0.1, 0.15) is 6.04 Å². The highest BCUT2D eigenvalue weighted by Gasteiger charge is 2.37. The largest absolute Gasteiger partial charge is 0.368 e. The number of nitrogens with two attached hydrogens (primary N) is 1. The number of nitrogens with zero attached hydrogens (tertiary/aromatic N) is 1. The molecule has 1 rings (SSSR count). The van der Waals surface area contributed by atoms with E-state index >= 15 is 0 Å². The Kier molecular flexibility index (Phi) is 3.61. The molecule has 0 spiro atoms. The van der Waals surface area contributed by atoms with E-state index in [-0.39, 0.29) is 23.1 Å². The summed E-state index contributed by atoms with van der Waals surface area (Å²) in [6, 6.07) is -0.391. The average Bonchev–Trinajstić information content (AvgIpc) is 2.62. The Balaban J connectivity index is 2.77. The molecular weight excluding hydrogens is 204 g/mol. The smallest absolute Gasteiger partial charge is 0.240 e. The van der Waals surface area contributed by atoms with Crippen molar-refractivity contribution in [3.05, 3.63) is 0 Å². The maximum absolute atomic E-state index is 12.2. The molecule has 0 radical (unpaired) electrons. The summed E-state index contributed by atoms with van der Waals surface area (Å²) in [5, 5.41) is 0. The molecular formula is C12H22N2O2. The molecule has 2 N–H and O–H groups in total. The van der Waals surface area contributed by atoms with Gasteiger partial charge in [-0.3, -0.25) is 9.59 Å². The Morgan fingerprint density at radius 3 is 2.38 bits per heavy atom. The van der Waals surface area contributed by atoms with Crippen molar-refractivity contribution >= 4 is 11.8 Å². The molecule has 1 aliphatic rings. The number of carbonyl (C=O) groups is 2. The van der Waals surface area contributed by atoms with Crippen LogP contribution in [0.3, 0.4) is 0 Å². The molecule has 1 fully saturated rings. The molecule has 2 amide bonds. The van der Waals surface area contributed by atoms with Gasteiger partial charge >= 0.3 is 0 Å². The Hall–Kier alpha value is -1.06. The molecule has 4 heteroatoms. The lowest BCUT2D eigenvalue weighted by Gasteiger charge is -2.32. The molecule has 0 aromatic heterocycles. The Morgan fingerprint density at radius 1 is 1.38 bits per heavy atom. The highest BCUT2D eigenvalue weighted by molar-refractivity contribution is 5.88. The normalized spacial score (nSPS) is 23.2. The van der Waals surface area contributed by atoms with E-state index in [4.69, 9.17) is 5.73 Å². The van der Waals surface area contributed by atoms with Gasteiger partial charge in [0.05, 0.1) is 0 Å². The predicted octanol–water partition coefficient (Wildman–Crippen LogP) is 1.14. The molecule has 1 heterocycles. The minimum Gasteiger partial charge on any atom is -0.368 e. The van der Waals surface area contributed by atoms with Gasteiger partial charge in [0.25, 0.3) is 0 Å². The van der Waals surface area contributed by atoms with Gasteiger partial charge in [0.15, 0.2) is 0 Å². The van der Waals surface area contributed by atoms with Gasteiger partial charge in [-0.05, 0) is 18.3 Å². The van der Waals surface area contributed by atoms with Crippen molar-refractivity contribution in [1.82, 2.24) is 4.90 Å². The Bertz CT molecular complexity index is 294. The Labute approximate surface area is 97.2 Å². The first-order chi connectivity index (χ1) is 7.25. The van der Waals surface area contributed by atoms with Gasteiger partial charge in [-0.25, -0.2) is 0 Å². The second-order valence-corrected chi connectivity index (χ2v) is 5.68.